The highest BCUT2D eigenvalue weighted by molar-refractivity contribution is 6.52. The molecule has 1 aromatic carbocycles. The number of ether oxygens (including phenoxy) is 1. The maximum absolute atomic E-state index is 13.9. The van der Waals surface area contributed by atoms with E-state index < -0.39 is 7.12 Å². The normalized spacial score (nSPS) is 26.5. The SMILES string of the molecule is CC1(C)OB(/C=C/c2ccc(C3CO3)c(F)c2)OC1(C)C. The first-order valence-electron chi connectivity index (χ1n) is 7.23. The molecule has 5 heteroatoms. The van der Waals surface area contributed by atoms with Crippen molar-refractivity contribution in [2.45, 2.75) is 45.0 Å². The van der Waals surface area contributed by atoms with Gasteiger partial charge in [-0.1, -0.05) is 24.2 Å². The Hall–Kier alpha value is -1.17. The second-order valence-corrected chi connectivity index (χ2v) is 6.59. The largest absolute Gasteiger partial charge is 0.487 e. The highest BCUT2D eigenvalue weighted by Crippen LogP contribution is 2.37. The average molecular weight is 290 g/mol. The van der Waals surface area contributed by atoms with E-state index in [0.717, 1.165) is 5.56 Å². The topological polar surface area (TPSA) is 31.0 Å². The standard InChI is InChI=1S/C16H20BFO3/c1-15(2)16(3,4)21-17(20-15)8-7-11-5-6-12(13(18)9-11)14-10-19-14/h5-9,14H,10H2,1-4H3/b8-7+. The van der Waals surface area contributed by atoms with Crippen LogP contribution in [0.15, 0.2) is 24.2 Å². The summed E-state index contributed by atoms with van der Waals surface area (Å²) >= 11 is 0. The Morgan fingerprint density at radius 2 is 1.81 bits per heavy atom. The van der Waals surface area contributed by atoms with Crippen LogP contribution in [0.25, 0.3) is 6.08 Å². The first-order chi connectivity index (χ1) is 9.78. The zero-order valence-corrected chi connectivity index (χ0v) is 12.9. The lowest BCUT2D eigenvalue weighted by atomic mass is 9.89. The monoisotopic (exact) mass is 290 g/mol. The van der Waals surface area contributed by atoms with Gasteiger partial charge in [0, 0.05) is 5.56 Å². The summed E-state index contributed by atoms with van der Waals surface area (Å²) < 4.78 is 30.7. The van der Waals surface area contributed by atoms with E-state index in [9.17, 15) is 4.39 Å². The van der Waals surface area contributed by atoms with E-state index in [1.165, 1.54) is 6.07 Å². The summed E-state index contributed by atoms with van der Waals surface area (Å²) in [7, 11) is -0.412. The van der Waals surface area contributed by atoms with Gasteiger partial charge >= 0.3 is 7.12 Å². The molecular weight excluding hydrogens is 270 g/mol. The van der Waals surface area contributed by atoms with E-state index in [1.807, 2.05) is 45.8 Å². The van der Waals surface area contributed by atoms with Crippen molar-refractivity contribution in [2.24, 2.45) is 0 Å². The van der Waals surface area contributed by atoms with E-state index in [4.69, 9.17) is 14.0 Å². The molecule has 3 rings (SSSR count). The molecule has 21 heavy (non-hydrogen) atoms. The van der Waals surface area contributed by atoms with Gasteiger partial charge in [-0.05, 0) is 39.3 Å². The number of hydrogen-bond donors (Lipinski definition) is 0. The zero-order chi connectivity index (χ0) is 15.3. The summed E-state index contributed by atoms with van der Waals surface area (Å²) in [6, 6.07) is 5.16. The third kappa shape index (κ3) is 2.91. The van der Waals surface area contributed by atoms with Crippen molar-refractivity contribution < 1.29 is 18.4 Å². The molecule has 2 heterocycles. The van der Waals surface area contributed by atoms with Crippen molar-refractivity contribution in [3.05, 3.63) is 41.1 Å². The lowest BCUT2D eigenvalue weighted by Gasteiger charge is -2.32. The van der Waals surface area contributed by atoms with Crippen LogP contribution in [0.2, 0.25) is 0 Å². The van der Waals surface area contributed by atoms with Crippen molar-refractivity contribution in [1.82, 2.24) is 0 Å². The molecule has 0 saturated carbocycles. The number of halogens is 1. The summed E-state index contributed by atoms with van der Waals surface area (Å²) in [6.45, 7) is 8.63. The Kier molecular flexibility index (Phi) is 3.47. The van der Waals surface area contributed by atoms with Crippen LogP contribution < -0.4 is 0 Å². The van der Waals surface area contributed by atoms with E-state index in [0.29, 0.717) is 12.2 Å². The second kappa shape index (κ2) is 4.94. The van der Waals surface area contributed by atoms with Gasteiger partial charge in [0.1, 0.15) is 11.9 Å². The van der Waals surface area contributed by atoms with Gasteiger partial charge in [0.2, 0.25) is 0 Å². The smallest absolute Gasteiger partial charge is 0.400 e. The van der Waals surface area contributed by atoms with Crippen LogP contribution in [0.4, 0.5) is 4.39 Å². The molecule has 1 aromatic rings. The molecule has 2 saturated heterocycles. The predicted molar refractivity (Wildman–Crippen MR) is 80.2 cm³/mol. The number of epoxide rings is 1. The van der Waals surface area contributed by atoms with Gasteiger partial charge in [-0.2, -0.15) is 0 Å². The van der Waals surface area contributed by atoms with Gasteiger partial charge in [0.05, 0.1) is 17.8 Å². The summed E-state index contributed by atoms with van der Waals surface area (Å²) in [5.41, 5.74) is 0.690. The van der Waals surface area contributed by atoms with Crippen LogP contribution in [0, 0.1) is 5.82 Å². The van der Waals surface area contributed by atoms with Crippen molar-refractivity contribution >= 4 is 13.2 Å². The van der Waals surface area contributed by atoms with Gasteiger partial charge in [0.15, 0.2) is 0 Å². The number of rotatable bonds is 3. The third-order valence-electron chi connectivity index (χ3n) is 4.42. The summed E-state index contributed by atoms with van der Waals surface area (Å²) in [6.07, 6.45) is 1.76. The van der Waals surface area contributed by atoms with Gasteiger partial charge in [-0.3, -0.25) is 0 Å². The van der Waals surface area contributed by atoms with Crippen molar-refractivity contribution in [1.29, 1.82) is 0 Å². The molecule has 0 amide bonds. The summed E-state index contributed by atoms with van der Waals surface area (Å²) in [5, 5.41) is 0. The molecule has 0 spiro atoms. The molecule has 2 aliphatic rings. The molecule has 2 fully saturated rings. The van der Waals surface area contributed by atoms with E-state index in [2.05, 4.69) is 0 Å². The fourth-order valence-corrected chi connectivity index (χ4v) is 2.29. The van der Waals surface area contributed by atoms with Crippen molar-refractivity contribution in [2.75, 3.05) is 6.61 Å². The molecule has 2 aliphatic heterocycles. The first-order valence-corrected chi connectivity index (χ1v) is 7.23. The van der Waals surface area contributed by atoms with Crippen molar-refractivity contribution in [3.63, 3.8) is 0 Å². The van der Waals surface area contributed by atoms with Crippen LogP contribution in [0.1, 0.15) is 44.9 Å². The Labute approximate surface area is 125 Å². The van der Waals surface area contributed by atoms with E-state index in [1.54, 1.807) is 6.07 Å². The Morgan fingerprint density at radius 1 is 1.19 bits per heavy atom. The molecule has 0 radical (unpaired) electrons. The van der Waals surface area contributed by atoms with Gasteiger partial charge in [0.25, 0.3) is 0 Å². The van der Waals surface area contributed by atoms with Crippen LogP contribution in [-0.4, -0.2) is 24.9 Å². The Balaban J connectivity index is 1.71. The molecule has 1 unspecified atom stereocenters. The highest BCUT2D eigenvalue weighted by Gasteiger charge is 2.49. The van der Waals surface area contributed by atoms with Gasteiger partial charge in [-0.15, -0.1) is 0 Å². The van der Waals surface area contributed by atoms with E-state index in [-0.39, 0.29) is 23.1 Å². The van der Waals surface area contributed by atoms with Crippen molar-refractivity contribution in [3.8, 4) is 0 Å². The maximum Gasteiger partial charge on any atom is 0.487 e. The fourth-order valence-electron chi connectivity index (χ4n) is 2.29. The van der Waals surface area contributed by atoms with Crippen LogP contribution >= 0.6 is 0 Å². The number of hydrogen-bond acceptors (Lipinski definition) is 3. The molecule has 0 N–H and O–H groups in total. The predicted octanol–water partition coefficient (Wildman–Crippen LogP) is 3.54. The molecule has 1 atom stereocenters. The average Bonchev–Trinajstić information content (AvgIpc) is 3.16. The molecule has 112 valence electrons. The Bertz CT molecular complexity index is 563. The lowest BCUT2D eigenvalue weighted by Crippen LogP contribution is -2.41. The minimum atomic E-state index is -0.412. The quantitative estimate of drug-likeness (QED) is 0.630. The maximum atomic E-state index is 13.9. The van der Waals surface area contributed by atoms with Gasteiger partial charge < -0.3 is 14.0 Å². The van der Waals surface area contributed by atoms with E-state index >= 15 is 0 Å². The second-order valence-electron chi connectivity index (χ2n) is 6.59. The first kappa shape index (κ1) is 14.8. The fraction of sp³-hybridized carbons (Fsp3) is 0.500. The van der Waals surface area contributed by atoms with Crippen LogP contribution in [0.3, 0.4) is 0 Å². The molecule has 0 bridgehead atoms. The molecule has 0 aromatic heterocycles. The van der Waals surface area contributed by atoms with Crippen LogP contribution in [-0.2, 0) is 14.0 Å². The third-order valence-corrected chi connectivity index (χ3v) is 4.42. The lowest BCUT2D eigenvalue weighted by molar-refractivity contribution is 0.00578. The molecular formula is C16H20BFO3. The zero-order valence-electron chi connectivity index (χ0n) is 12.9. The minimum Gasteiger partial charge on any atom is -0.400 e. The molecule has 3 nitrogen and oxygen atoms in total. The summed E-state index contributed by atoms with van der Waals surface area (Å²) in [5.74, 6) is 1.59. The minimum absolute atomic E-state index is 0.0638. The van der Waals surface area contributed by atoms with Gasteiger partial charge in [-0.25, -0.2) is 4.39 Å². The van der Waals surface area contributed by atoms with Crippen LogP contribution in [0.5, 0.6) is 0 Å². The summed E-state index contributed by atoms with van der Waals surface area (Å²) in [4.78, 5) is 0. The number of benzene rings is 1. The molecule has 0 aliphatic carbocycles. The highest BCUT2D eigenvalue weighted by atomic mass is 19.1. The Morgan fingerprint density at radius 3 is 2.33 bits per heavy atom.